The quantitative estimate of drug-likeness (QED) is 0.761. The van der Waals surface area contributed by atoms with Gasteiger partial charge in [0.2, 0.25) is 5.91 Å². The largest absolute Gasteiger partial charge is 0.343 e. The van der Waals surface area contributed by atoms with E-state index in [1.54, 1.807) is 4.90 Å². The van der Waals surface area contributed by atoms with Crippen LogP contribution in [0.3, 0.4) is 0 Å². The highest BCUT2D eigenvalue weighted by Gasteiger charge is 2.22. The highest BCUT2D eigenvalue weighted by atomic mass is 16.2. The highest BCUT2D eigenvalue weighted by molar-refractivity contribution is 5.78. The van der Waals surface area contributed by atoms with Crippen molar-refractivity contribution in [3.63, 3.8) is 0 Å². The maximum Gasteiger partial charge on any atom is 0.251 e. The van der Waals surface area contributed by atoms with Gasteiger partial charge in [-0.15, -0.1) is 0 Å². The number of piperazine rings is 1. The van der Waals surface area contributed by atoms with Gasteiger partial charge in [-0.2, -0.15) is 0 Å². The SMILES string of the molecule is CN1CCN(Cc2ccccc2-c2nc(-c3ccccc3)cc(=O)[nH]2)CC1=O. The van der Waals surface area contributed by atoms with Crippen LogP contribution in [0.15, 0.2) is 65.5 Å². The summed E-state index contributed by atoms with van der Waals surface area (Å²) in [6, 6.07) is 19.1. The topological polar surface area (TPSA) is 69.3 Å². The second kappa shape index (κ2) is 7.78. The van der Waals surface area contributed by atoms with Crippen LogP contribution in [0.25, 0.3) is 22.6 Å². The monoisotopic (exact) mass is 374 g/mol. The Morgan fingerprint density at radius 2 is 1.75 bits per heavy atom. The van der Waals surface area contributed by atoms with Crippen LogP contribution in [0.5, 0.6) is 0 Å². The summed E-state index contributed by atoms with van der Waals surface area (Å²) in [5.74, 6) is 0.670. The molecule has 1 amide bonds. The van der Waals surface area contributed by atoms with Crippen molar-refractivity contribution in [2.75, 3.05) is 26.7 Å². The molecule has 0 radical (unpaired) electrons. The van der Waals surface area contributed by atoms with E-state index in [9.17, 15) is 9.59 Å². The van der Waals surface area contributed by atoms with Crippen LogP contribution >= 0.6 is 0 Å². The Bertz CT molecular complexity index is 1050. The van der Waals surface area contributed by atoms with Gasteiger partial charge in [0.25, 0.3) is 5.56 Å². The molecule has 0 bridgehead atoms. The predicted octanol–water partition coefficient (Wildman–Crippen LogP) is 2.38. The summed E-state index contributed by atoms with van der Waals surface area (Å²) in [7, 11) is 1.83. The zero-order valence-electron chi connectivity index (χ0n) is 15.8. The van der Waals surface area contributed by atoms with Crippen LogP contribution in [-0.4, -0.2) is 52.4 Å². The van der Waals surface area contributed by atoms with Gasteiger partial charge < -0.3 is 9.88 Å². The van der Waals surface area contributed by atoms with Crippen molar-refractivity contribution in [1.82, 2.24) is 19.8 Å². The van der Waals surface area contributed by atoms with Crippen molar-refractivity contribution in [2.24, 2.45) is 0 Å². The number of aromatic amines is 1. The first kappa shape index (κ1) is 18.1. The number of nitrogens with one attached hydrogen (secondary N) is 1. The van der Waals surface area contributed by atoms with Gasteiger partial charge in [-0.1, -0.05) is 54.6 Å². The summed E-state index contributed by atoms with van der Waals surface area (Å²) < 4.78 is 0. The van der Waals surface area contributed by atoms with E-state index in [4.69, 9.17) is 4.98 Å². The van der Waals surface area contributed by atoms with E-state index in [0.717, 1.165) is 29.8 Å². The van der Waals surface area contributed by atoms with Gasteiger partial charge in [-0.3, -0.25) is 14.5 Å². The number of carbonyl (C=O) groups excluding carboxylic acids is 1. The lowest BCUT2D eigenvalue weighted by atomic mass is 10.1. The molecule has 1 aliphatic rings. The molecule has 1 saturated heterocycles. The summed E-state index contributed by atoms with van der Waals surface area (Å²) in [4.78, 5) is 35.8. The number of H-pyrrole nitrogens is 1. The van der Waals surface area contributed by atoms with Crippen LogP contribution in [0.2, 0.25) is 0 Å². The number of aromatic nitrogens is 2. The van der Waals surface area contributed by atoms with Crippen LogP contribution in [0.4, 0.5) is 0 Å². The molecule has 1 aromatic heterocycles. The highest BCUT2D eigenvalue weighted by Crippen LogP contribution is 2.24. The Labute approximate surface area is 163 Å². The normalized spacial score (nSPS) is 15.0. The third-order valence-corrected chi connectivity index (χ3v) is 5.01. The number of likely N-dealkylation sites (N-methyl/N-ethyl adjacent to an activating group) is 1. The Balaban J connectivity index is 1.68. The molecular formula is C22H22N4O2. The van der Waals surface area contributed by atoms with Crippen LogP contribution in [0.1, 0.15) is 5.56 Å². The fourth-order valence-electron chi connectivity index (χ4n) is 3.41. The summed E-state index contributed by atoms with van der Waals surface area (Å²) in [6.07, 6.45) is 0. The lowest BCUT2D eigenvalue weighted by Crippen LogP contribution is -2.48. The third kappa shape index (κ3) is 3.87. The van der Waals surface area contributed by atoms with Crippen LogP contribution in [0, 0.1) is 0 Å². The first-order valence-electron chi connectivity index (χ1n) is 9.31. The van der Waals surface area contributed by atoms with Gasteiger partial charge in [-0.05, 0) is 5.56 Å². The minimum Gasteiger partial charge on any atom is -0.343 e. The lowest BCUT2D eigenvalue weighted by Gasteiger charge is -2.32. The van der Waals surface area contributed by atoms with Crippen molar-refractivity contribution in [3.05, 3.63) is 76.6 Å². The standard InChI is InChI=1S/C22H22N4O2/c1-25-11-12-26(15-21(25)28)14-17-9-5-6-10-18(17)22-23-19(13-20(27)24-22)16-7-3-2-4-8-16/h2-10,13H,11-12,14-15H2,1H3,(H,23,24,27). The second-order valence-electron chi connectivity index (χ2n) is 7.03. The zero-order valence-corrected chi connectivity index (χ0v) is 15.8. The van der Waals surface area contributed by atoms with Crippen molar-refractivity contribution in [3.8, 4) is 22.6 Å². The van der Waals surface area contributed by atoms with E-state index < -0.39 is 0 Å². The molecule has 0 atom stereocenters. The maximum atomic E-state index is 12.3. The number of amides is 1. The zero-order chi connectivity index (χ0) is 19.5. The van der Waals surface area contributed by atoms with Crippen LogP contribution in [-0.2, 0) is 11.3 Å². The average Bonchev–Trinajstić information content (AvgIpc) is 2.71. The van der Waals surface area contributed by atoms with E-state index in [1.807, 2.05) is 61.6 Å². The molecule has 3 aromatic rings. The van der Waals surface area contributed by atoms with E-state index >= 15 is 0 Å². The Kier molecular flexibility index (Phi) is 5.04. The molecule has 1 N–H and O–H groups in total. The summed E-state index contributed by atoms with van der Waals surface area (Å²) in [5, 5.41) is 0. The van der Waals surface area contributed by atoms with Gasteiger partial charge in [0.05, 0.1) is 12.2 Å². The molecule has 142 valence electrons. The first-order chi connectivity index (χ1) is 13.6. The molecular weight excluding hydrogens is 352 g/mol. The average molecular weight is 374 g/mol. The van der Waals surface area contributed by atoms with Crippen LogP contribution < -0.4 is 5.56 Å². The molecule has 28 heavy (non-hydrogen) atoms. The number of rotatable bonds is 4. The summed E-state index contributed by atoms with van der Waals surface area (Å²) in [6.45, 7) is 2.58. The lowest BCUT2D eigenvalue weighted by molar-refractivity contribution is -0.134. The van der Waals surface area contributed by atoms with Gasteiger partial charge in [0.1, 0.15) is 5.82 Å². The fourth-order valence-corrected chi connectivity index (χ4v) is 3.41. The molecule has 2 aromatic carbocycles. The fraction of sp³-hybridized carbons (Fsp3) is 0.227. The predicted molar refractivity (Wildman–Crippen MR) is 109 cm³/mol. The van der Waals surface area contributed by atoms with Gasteiger partial charge in [0, 0.05) is 43.9 Å². The Morgan fingerprint density at radius 1 is 1.00 bits per heavy atom. The minimum atomic E-state index is -0.187. The minimum absolute atomic E-state index is 0.126. The number of nitrogens with zero attached hydrogens (tertiary/aromatic N) is 3. The van der Waals surface area contributed by atoms with Crippen molar-refractivity contribution < 1.29 is 4.79 Å². The third-order valence-electron chi connectivity index (χ3n) is 5.01. The van der Waals surface area contributed by atoms with Gasteiger partial charge in [-0.25, -0.2) is 4.98 Å². The van der Waals surface area contributed by atoms with E-state index in [-0.39, 0.29) is 11.5 Å². The van der Waals surface area contributed by atoms with Crippen molar-refractivity contribution >= 4 is 5.91 Å². The molecule has 0 unspecified atom stereocenters. The second-order valence-corrected chi connectivity index (χ2v) is 7.03. The van der Waals surface area contributed by atoms with E-state index in [0.29, 0.717) is 24.6 Å². The molecule has 6 heteroatoms. The molecule has 1 aliphatic heterocycles. The summed E-state index contributed by atoms with van der Waals surface area (Å²) in [5.41, 5.74) is 3.27. The molecule has 0 spiro atoms. The maximum absolute atomic E-state index is 12.3. The Morgan fingerprint density at radius 3 is 2.54 bits per heavy atom. The Hall–Kier alpha value is -3.25. The van der Waals surface area contributed by atoms with E-state index in [1.165, 1.54) is 6.07 Å². The molecule has 0 saturated carbocycles. The summed E-state index contributed by atoms with van der Waals surface area (Å²) >= 11 is 0. The molecule has 1 fully saturated rings. The number of benzene rings is 2. The first-order valence-corrected chi connectivity index (χ1v) is 9.31. The number of hydrogen-bond donors (Lipinski definition) is 1. The molecule has 2 heterocycles. The molecule has 0 aliphatic carbocycles. The van der Waals surface area contributed by atoms with Gasteiger partial charge >= 0.3 is 0 Å². The molecule has 6 nitrogen and oxygen atoms in total. The van der Waals surface area contributed by atoms with Gasteiger partial charge in [0.15, 0.2) is 0 Å². The van der Waals surface area contributed by atoms with Crippen molar-refractivity contribution in [1.29, 1.82) is 0 Å². The van der Waals surface area contributed by atoms with E-state index in [2.05, 4.69) is 9.88 Å². The number of carbonyl (C=O) groups is 1. The number of hydrogen-bond acceptors (Lipinski definition) is 4. The smallest absolute Gasteiger partial charge is 0.251 e. The molecule has 4 rings (SSSR count). The van der Waals surface area contributed by atoms with Crippen molar-refractivity contribution in [2.45, 2.75) is 6.54 Å².